The van der Waals surface area contributed by atoms with E-state index in [0.29, 0.717) is 26.2 Å². The molecule has 114 valence electrons. The van der Waals surface area contributed by atoms with Gasteiger partial charge in [0, 0.05) is 33.9 Å². The summed E-state index contributed by atoms with van der Waals surface area (Å²) in [5.74, 6) is -0.946. The van der Waals surface area contributed by atoms with Crippen LogP contribution in [-0.4, -0.2) is 52.6 Å². The highest BCUT2D eigenvalue weighted by Crippen LogP contribution is 2.20. The molecule has 0 fully saturated rings. The van der Waals surface area contributed by atoms with Gasteiger partial charge in [0.25, 0.3) is 0 Å². The summed E-state index contributed by atoms with van der Waals surface area (Å²) < 4.78 is 26.2. The van der Waals surface area contributed by atoms with Gasteiger partial charge in [0.15, 0.2) is 12.6 Å². The van der Waals surface area contributed by atoms with Crippen LogP contribution >= 0.6 is 0 Å². The lowest BCUT2D eigenvalue weighted by atomic mass is 10.0. The number of ether oxygens (including phenoxy) is 5. The molecule has 1 atom stereocenters. The number of carbonyl (C=O) groups is 1. The lowest BCUT2D eigenvalue weighted by Gasteiger charge is -2.27. The van der Waals surface area contributed by atoms with E-state index in [1.807, 2.05) is 13.8 Å². The average molecular weight is 278 g/mol. The first-order chi connectivity index (χ1) is 9.14. The second-order valence-corrected chi connectivity index (χ2v) is 3.77. The summed E-state index contributed by atoms with van der Waals surface area (Å²) in [6.07, 6.45) is -0.837. The Morgan fingerprint density at radius 3 is 1.84 bits per heavy atom. The van der Waals surface area contributed by atoms with Crippen LogP contribution in [0.2, 0.25) is 0 Å². The summed E-state index contributed by atoms with van der Waals surface area (Å²) in [6, 6.07) is 0. The lowest BCUT2D eigenvalue weighted by Crippen LogP contribution is -2.37. The van der Waals surface area contributed by atoms with Gasteiger partial charge in [-0.05, 0) is 20.8 Å². The van der Waals surface area contributed by atoms with Crippen LogP contribution in [0.3, 0.4) is 0 Å². The fraction of sp³-hybridized carbons (Fsp3) is 0.923. The molecule has 19 heavy (non-hydrogen) atoms. The highest BCUT2D eigenvalue weighted by Gasteiger charge is 2.33. The zero-order valence-electron chi connectivity index (χ0n) is 12.5. The Hall–Kier alpha value is -0.690. The van der Waals surface area contributed by atoms with E-state index in [9.17, 15) is 4.79 Å². The molecule has 0 aliphatic heterocycles. The summed E-state index contributed by atoms with van der Waals surface area (Å²) in [5.41, 5.74) is 0. The van der Waals surface area contributed by atoms with Crippen molar-refractivity contribution in [2.24, 2.45) is 5.92 Å². The Morgan fingerprint density at radius 1 is 0.947 bits per heavy atom. The van der Waals surface area contributed by atoms with Crippen molar-refractivity contribution >= 4 is 5.97 Å². The maximum absolute atomic E-state index is 12.0. The van der Waals surface area contributed by atoms with Crippen molar-refractivity contribution in [3.63, 3.8) is 0 Å². The highest BCUT2D eigenvalue weighted by molar-refractivity contribution is 5.72. The molecule has 0 aromatic heterocycles. The summed E-state index contributed by atoms with van der Waals surface area (Å²) in [4.78, 5) is 12.0. The molecule has 0 aromatic carbocycles. The van der Waals surface area contributed by atoms with Gasteiger partial charge in [0.1, 0.15) is 5.92 Å². The van der Waals surface area contributed by atoms with Crippen molar-refractivity contribution in [3.05, 3.63) is 0 Å². The Kier molecular flexibility index (Phi) is 10.8. The number of hydrogen-bond donors (Lipinski definition) is 0. The molecule has 0 saturated heterocycles. The Labute approximate surface area is 115 Å². The zero-order chi connectivity index (χ0) is 14.7. The molecule has 0 aliphatic rings. The largest absolute Gasteiger partial charge is 0.466 e. The average Bonchev–Trinajstić information content (AvgIpc) is 2.40. The van der Waals surface area contributed by atoms with Gasteiger partial charge < -0.3 is 23.7 Å². The van der Waals surface area contributed by atoms with E-state index in [1.165, 1.54) is 14.2 Å². The van der Waals surface area contributed by atoms with Crippen LogP contribution in [0.5, 0.6) is 0 Å². The molecular weight excluding hydrogens is 252 g/mol. The van der Waals surface area contributed by atoms with Crippen LogP contribution in [0.25, 0.3) is 0 Å². The first-order valence-corrected chi connectivity index (χ1v) is 6.59. The quantitative estimate of drug-likeness (QED) is 0.422. The second-order valence-electron chi connectivity index (χ2n) is 3.77. The molecule has 6 nitrogen and oxygen atoms in total. The molecule has 0 amide bonds. The van der Waals surface area contributed by atoms with Crippen molar-refractivity contribution in [2.75, 3.05) is 34.0 Å². The predicted molar refractivity (Wildman–Crippen MR) is 69.6 cm³/mol. The number of rotatable bonds is 11. The van der Waals surface area contributed by atoms with Crippen molar-refractivity contribution in [3.8, 4) is 0 Å². The molecule has 0 aromatic rings. The lowest BCUT2D eigenvalue weighted by molar-refractivity contribution is -0.204. The van der Waals surface area contributed by atoms with Crippen LogP contribution in [0.15, 0.2) is 0 Å². The number of hydrogen-bond acceptors (Lipinski definition) is 6. The molecule has 6 heteroatoms. The van der Waals surface area contributed by atoms with Gasteiger partial charge in [-0.2, -0.15) is 0 Å². The third-order valence-corrected chi connectivity index (χ3v) is 2.55. The van der Waals surface area contributed by atoms with Gasteiger partial charge in [0.2, 0.25) is 0 Å². The van der Waals surface area contributed by atoms with E-state index in [0.717, 1.165) is 0 Å². The Balaban J connectivity index is 4.82. The molecule has 0 rings (SSSR count). The number of methoxy groups -OCH3 is 2. The van der Waals surface area contributed by atoms with Gasteiger partial charge >= 0.3 is 5.97 Å². The summed E-state index contributed by atoms with van der Waals surface area (Å²) in [7, 11) is 3.04. The fourth-order valence-electron chi connectivity index (χ4n) is 1.67. The van der Waals surface area contributed by atoms with E-state index in [1.54, 1.807) is 6.92 Å². The van der Waals surface area contributed by atoms with Crippen LogP contribution in [0.4, 0.5) is 0 Å². The minimum absolute atomic E-state index is 0.310. The molecule has 0 N–H and O–H groups in total. The molecule has 0 aliphatic carbocycles. The van der Waals surface area contributed by atoms with Crippen LogP contribution in [0.1, 0.15) is 27.2 Å². The first-order valence-electron chi connectivity index (χ1n) is 6.59. The minimum Gasteiger partial charge on any atom is -0.466 e. The molecule has 0 saturated carbocycles. The van der Waals surface area contributed by atoms with E-state index in [2.05, 4.69) is 0 Å². The molecule has 0 bridgehead atoms. The van der Waals surface area contributed by atoms with E-state index in [-0.39, 0.29) is 5.97 Å². The van der Waals surface area contributed by atoms with E-state index in [4.69, 9.17) is 23.7 Å². The van der Waals surface area contributed by atoms with Crippen molar-refractivity contribution in [1.29, 1.82) is 0 Å². The molecule has 0 heterocycles. The maximum Gasteiger partial charge on any atom is 0.314 e. The minimum atomic E-state index is -0.651. The highest BCUT2D eigenvalue weighted by atomic mass is 16.7. The van der Waals surface area contributed by atoms with Crippen molar-refractivity contribution in [1.82, 2.24) is 0 Å². The fourth-order valence-corrected chi connectivity index (χ4v) is 1.67. The summed E-state index contributed by atoms with van der Waals surface area (Å²) in [6.45, 7) is 6.66. The standard InChI is InChI=1S/C13H26O6/c1-6-17-12(14)10(9-11(15-4)16-5)13(18-7-2)19-8-3/h10-11,13H,6-9H2,1-5H3. The summed E-state index contributed by atoms with van der Waals surface area (Å²) >= 11 is 0. The van der Waals surface area contributed by atoms with Crippen LogP contribution in [-0.2, 0) is 28.5 Å². The van der Waals surface area contributed by atoms with Crippen LogP contribution < -0.4 is 0 Å². The predicted octanol–water partition coefficient (Wildman–Crippen LogP) is 1.57. The Bertz CT molecular complexity index is 223. The normalized spacial score (nSPS) is 13.0. The topological polar surface area (TPSA) is 63.2 Å². The molecule has 1 unspecified atom stereocenters. The number of esters is 1. The first kappa shape index (κ1) is 18.3. The van der Waals surface area contributed by atoms with Gasteiger partial charge in [-0.15, -0.1) is 0 Å². The molecular formula is C13H26O6. The maximum atomic E-state index is 12.0. The SMILES string of the molecule is CCOC(=O)C(CC(OC)OC)C(OCC)OCC. The van der Waals surface area contributed by atoms with Gasteiger partial charge in [-0.3, -0.25) is 4.79 Å². The van der Waals surface area contributed by atoms with E-state index >= 15 is 0 Å². The van der Waals surface area contributed by atoms with Gasteiger partial charge in [0.05, 0.1) is 6.61 Å². The molecule has 0 radical (unpaired) electrons. The van der Waals surface area contributed by atoms with Gasteiger partial charge in [-0.1, -0.05) is 0 Å². The number of carbonyl (C=O) groups excluding carboxylic acids is 1. The van der Waals surface area contributed by atoms with Crippen LogP contribution in [0, 0.1) is 5.92 Å². The second kappa shape index (κ2) is 11.2. The molecule has 0 spiro atoms. The van der Waals surface area contributed by atoms with Crippen molar-refractivity contribution < 1.29 is 28.5 Å². The third kappa shape index (κ3) is 6.87. The van der Waals surface area contributed by atoms with E-state index < -0.39 is 18.5 Å². The zero-order valence-corrected chi connectivity index (χ0v) is 12.5. The Morgan fingerprint density at radius 2 is 1.47 bits per heavy atom. The summed E-state index contributed by atoms with van der Waals surface area (Å²) in [5, 5.41) is 0. The van der Waals surface area contributed by atoms with Gasteiger partial charge in [-0.25, -0.2) is 0 Å². The van der Waals surface area contributed by atoms with Crippen molar-refractivity contribution in [2.45, 2.75) is 39.8 Å². The smallest absolute Gasteiger partial charge is 0.314 e. The monoisotopic (exact) mass is 278 g/mol. The third-order valence-electron chi connectivity index (χ3n) is 2.55.